The molecule has 8 heteroatoms. The first-order chi connectivity index (χ1) is 14.5. The second-order valence-electron chi connectivity index (χ2n) is 7.37. The summed E-state index contributed by atoms with van der Waals surface area (Å²) in [5.74, 6) is -0.805. The van der Waals surface area contributed by atoms with Crippen molar-refractivity contribution in [1.82, 2.24) is 14.2 Å². The Hall–Kier alpha value is -3.94. The second kappa shape index (κ2) is 6.55. The molecular weight excluding hydrogens is 382 g/mol. The highest BCUT2D eigenvalue weighted by Gasteiger charge is 2.27. The lowest BCUT2D eigenvalue weighted by atomic mass is 9.96. The molecule has 0 N–H and O–H groups in total. The van der Waals surface area contributed by atoms with Gasteiger partial charge in [-0.1, -0.05) is 30.3 Å². The van der Waals surface area contributed by atoms with Gasteiger partial charge >= 0.3 is 0 Å². The Bertz CT molecular complexity index is 1540. The van der Waals surface area contributed by atoms with Gasteiger partial charge in [0.15, 0.2) is 5.65 Å². The lowest BCUT2D eigenvalue weighted by Crippen LogP contribution is -2.39. The maximum Gasteiger partial charge on any atom is 0.281 e. The summed E-state index contributed by atoms with van der Waals surface area (Å²) >= 11 is 0. The third-order valence-electron chi connectivity index (χ3n) is 5.53. The number of hydrogen-bond acceptors (Lipinski definition) is 6. The molecule has 4 aromatic rings. The average molecular weight is 399 g/mol. The summed E-state index contributed by atoms with van der Waals surface area (Å²) in [5.41, 5.74) is 1.17. The Morgan fingerprint density at radius 2 is 1.47 bits per heavy atom. The Kier molecular flexibility index (Phi) is 3.95. The van der Waals surface area contributed by atoms with Crippen molar-refractivity contribution < 1.29 is 4.79 Å². The largest absolute Gasteiger partial charge is 0.281 e. The number of nitrogens with zero attached hydrogens (tertiary/aromatic N) is 5. The van der Waals surface area contributed by atoms with E-state index in [2.05, 4.69) is 15.2 Å². The van der Waals surface area contributed by atoms with Crippen LogP contribution in [0.2, 0.25) is 0 Å². The van der Waals surface area contributed by atoms with Gasteiger partial charge in [0.25, 0.3) is 11.1 Å². The minimum Gasteiger partial charge on any atom is -0.272 e. The van der Waals surface area contributed by atoms with Crippen LogP contribution in [0.1, 0.15) is 25.1 Å². The van der Waals surface area contributed by atoms with Crippen LogP contribution >= 0.6 is 0 Å². The molecule has 0 bridgehead atoms. The number of aromatic nitrogens is 3. The Labute approximate surface area is 169 Å². The van der Waals surface area contributed by atoms with Crippen LogP contribution in [-0.4, -0.2) is 31.5 Å². The highest BCUT2D eigenvalue weighted by atomic mass is 16.2. The van der Waals surface area contributed by atoms with E-state index in [4.69, 9.17) is 0 Å². The van der Waals surface area contributed by atoms with Crippen molar-refractivity contribution in [2.45, 2.75) is 20.3 Å². The van der Waals surface area contributed by atoms with Crippen LogP contribution in [0.4, 0.5) is 0 Å². The number of benzene rings is 2. The topological polar surface area (TPSA) is 98.2 Å². The Morgan fingerprint density at radius 3 is 2.17 bits per heavy atom. The molecule has 0 spiro atoms. The summed E-state index contributed by atoms with van der Waals surface area (Å²) in [7, 11) is 0. The standard InChI is InChI=1S/C22H17N5O3/c1-12-17(13(2)25-24-12)11-19(28)26-21(29)15-8-4-3-7-14(15)20-23-18-10-6-5-9-16(18)22(30)27(20)26/h3-10,17H,11H2,1-2H3. The van der Waals surface area contributed by atoms with E-state index in [9.17, 15) is 14.4 Å². The minimum absolute atomic E-state index is 0.0166. The van der Waals surface area contributed by atoms with Gasteiger partial charge in [0.05, 0.1) is 16.3 Å². The van der Waals surface area contributed by atoms with E-state index in [1.165, 1.54) is 0 Å². The minimum atomic E-state index is -0.551. The quantitative estimate of drug-likeness (QED) is 0.382. The van der Waals surface area contributed by atoms with Crippen LogP contribution in [-0.2, 0) is 0 Å². The molecule has 0 saturated carbocycles. The molecule has 148 valence electrons. The maximum atomic E-state index is 13.3. The van der Waals surface area contributed by atoms with Crippen LogP contribution in [0.5, 0.6) is 0 Å². The van der Waals surface area contributed by atoms with E-state index in [1.807, 2.05) is 0 Å². The van der Waals surface area contributed by atoms with Gasteiger partial charge in [0.2, 0.25) is 5.91 Å². The third kappa shape index (κ3) is 2.53. The Morgan fingerprint density at radius 1 is 0.867 bits per heavy atom. The van der Waals surface area contributed by atoms with E-state index in [-0.39, 0.29) is 18.0 Å². The molecule has 5 rings (SSSR count). The molecule has 0 radical (unpaired) electrons. The number of fused-ring (bicyclic) bond motifs is 4. The predicted octanol–water partition coefficient (Wildman–Crippen LogP) is 2.66. The fraction of sp³-hybridized carbons (Fsp3) is 0.182. The van der Waals surface area contributed by atoms with Crippen molar-refractivity contribution in [1.29, 1.82) is 0 Å². The first-order valence-corrected chi connectivity index (χ1v) is 9.55. The fourth-order valence-electron chi connectivity index (χ4n) is 3.93. The third-order valence-corrected chi connectivity index (χ3v) is 5.53. The summed E-state index contributed by atoms with van der Waals surface area (Å²) in [4.78, 5) is 44.6. The highest BCUT2D eigenvalue weighted by Crippen LogP contribution is 2.19. The molecule has 1 aliphatic rings. The summed E-state index contributed by atoms with van der Waals surface area (Å²) in [6.45, 7) is 3.58. The zero-order valence-electron chi connectivity index (χ0n) is 16.4. The number of carbonyl (C=O) groups excluding carboxylic acids is 1. The maximum absolute atomic E-state index is 13.3. The van der Waals surface area contributed by atoms with E-state index in [0.717, 1.165) is 9.20 Å². The molecule has 0 atom stereocenters. The van der Waals surface area contributed by atoms with Crippen LogP contribution in [0.3, 0.4) is 0 Å². The number of rotatable bonds is 2. The van der Waals surface area contributed by atoms with Gasteiger partial charge in [0, 0.05) is 29.1 Å². The molecule has 2 aromatic heterocycles. The lowest BCUT2D eigenvalue weighted by Gasteiger charge is -2.15. The van der Waals surface area contributed by atoms with Crippen LogP contribution < -0.4 is 11.1 Å². The molecule has 0 saturated heterocycles. The fourth-order valence-corrected chi connectivity index (χ4v) is 3.93. The molecule has 0 fully saturated rings. The van der Waals surface area contributed by atoms with Gasteiger partial charge in [-0.25, -0.2) is 4.98 Å². The van der Waals surface area contributed by atoms with Gasteiger partial charge in [-0.2, -0.15) is 19.4 Å². The van der Waals surface area contributed by atoms with Crippen LogP contribution in [0, 0.1) is 5.92 Å². The number of para-hydroxylation sites is 1. The van der Waals surface area contributed by atoms with Gasteiger partial charge in [-0.3, -0.25) is 14.4 Å². The molecular formula is C22H17N5O3. The highest BCUT2D eigenvalue weighted by molar-refractivity contribution is 6.10. The second-order valence-corrected chi connectivity index (χ2v) is 7.37. The zero-order valence-corrected chi connectivity index (χ0v) is 16.4. The Balaban J connectivity index is 1.87. The van der Waals surface area contributed by atoms with E-state index >= 15 is 0 Å². The first-order valence-electron chi connectivity index (χ1n) is 9.55. The van der Waals surface area contributed by atoms with Crippen molar-refractivity contribution in [2.24, 2.45) is 16.1 Å². The van der Waals surface area contributed by atoms with Gasteiger partial charge < -0.3 is 0 Å². The molecule has 0 aliphatic carbocycles. The van der Waals surface area contributed by atoms with Gasteiger partial charge in [-0.05, 0) is 32.0 Å². The molecule has 0 unspecified atom stereocenters. The normalized spacial score (nSPS) is 14.5. The molecule has 1 aliphatic heterocycles. The van der Waals surface area contributed by atoms with Crippen LogP contribution in [0.25, 0.3) is 27.3 Å². The van der Waals surface area contributed by atoms with Crippen LogP contribution in [0.15, 0.2) is 68.3 Å². The SMILES string of the molecule is CC1=NN=C(C)C1CC(=O)n1c(=O)c2ccccc2c2nc3ccccc3c(=O)n21. The van der Waals surface area contributed by atoms with E-state index in [0.29, 0.717) is 33.1 Å². The summed E-state index contributed by atoms with van der Waals surface area (Å²) in [6.07, 6.45) is -0.0166. The van der Waals surface area contributed by atoms with Crippen molar-refractivity contribution in [3.05, 3.63) is 69.2 Å². The van der Waals surface area contributed by atoms with E-state index < -0.39 is 17.0 Å². The molecule has 3 heterocycles. The molecule has 0 amide bonds. The summed E-state index contributed by atoms with van der Waals surface area (Å²) < 4.78 is 2.02. The van der Waals surface area contributed by atoms with Crippen molar-refractivity contribution in [3.8, 4) is 0 Å². The van der Waals surface area contributed by atoms with E-state index in [1.54, 1.807) is 62.4 Å². The van der Waals surface area contributed by atoms with Gasteiger partial charge in [-0.15, -0.1) is 0 Å². The smallest absolute Gasteiger partial charge is 0.272 e. The van der Waals surface area contributed by atoms with Gasteiger partial charge in [0.1, 0.15) is 0 Å². The van der Waals surface area contributed by atoms with Crippen molar-refractivity contribution in [2.75, 3.05) is 0 Å². The average Bonchev–Trinajstić information content (AvgIpc) is 3.07. The molecule has 8 nitrogen and oxygen atoms in total. The summed E-state index contributed by atoms with van der Waals surface area (Å²) in [5, 5.41) is 9.23. The monoisotopic (exact) mass is 399 g/mol. The van der Waals surface area contributed by atoms with Crippen molar-refractivity contribution >= 4 is 44.7 Å². The number of hydrogen-bond donors (Lipinski definition) is 0. The number of carbonyl (C=O) groups is 1. The predicted molar refractivity (Wildman–Crippen MR) is 116 cm³/mol. The first kappa shape index (κ1) is 18.1. The molecule has 2 aromatic carbocycles. The summed E-state index contributed by atoms with van der Waals surface area (Å²) in [6, 6.07) is 13.7. The van der Waals surface area contributed by atoms with Crippen molar-refractivity contribution in [3.63, 3.8) is 0 Å². The lowest BCUT2D eigenvalue weighted by molar-refractivity contribution is 0.0870. The zero-order chi connectivity index (χ0) is 21.0. The molecule has 30 heavy (non-hydrogen) atoms.